The lowest BCUT2D eigenvalue weighted by atomic mass is 9.91. The first-order valence-electron chi connectivity index (χ1n) is 7.19. The maximum atomic E-state index is 6.04. The van der Waals surface area contributed by atoms with E-state index in [2.05, 4.69) is 39.8 Å². The molecule has 1 saturated carbocycles. The molecule has 0 amide bonds. The van der Waals surface area contributed by atoms with Gasteiger partial charge in [0.1, 0.15) is 6.33 Å². The second kappa shape index (κ2) is 5.63. The van der Waals surface area contributed by atoms with Gasteiger partial charge in [0.25, 0.3) is 0 Å². The minimum absolute atomic E-state index is 0.336. The molecule has 3 rings (SSSR count). The zero-order valence-electron chi connectivity index (χ0n) is 11.8. The maximum Gasteiger partial charge on any atom is 0.163 e. The van der Waals surface area contributed by atoms with Crippen LogP contribution in [0.3, 0.4) is 0 Å². The summed E-state index contributed by atoms with van der Waals surface area (Å²) >= 11 is 0. The van der Waals surface area contributed by atoms with Gasteiger partial charge < -0.3 is 15.6 Å². The highest BCUT2D eigenvalue weighted by Crippen LogP contribution is 2.24. The third-order valence-electron chi connectivity index (χ3n) is 3.92. The van der Waals surface area contributed by atoms with Crippen molar-refractivity contribution >= 4 is 5.69 Å². The molecule has 5 nitrogen and oxygen atoms in total. The summed E-state index contributed by atoms with van der Waals surface area (Å²) in [6.07, 6.45) is 6.32. The second-order valence-electron chi connectivity index (χ2n) is 5.61. The molecular formula is C15H21N5. The lowest BCUT2D eigenvalue weighted by molar-refractivity contribution is 0.409. The summed E-state index contributed by atoms with van der Waals surface area (Å²) in [6, 6.07) is 9.15. The highest BCUT2D eigenvalue weighted by atomic mass is 15.2. The topological polar surface area (TPSA) is 68.8 Å². The summed E-state index contributed by atoms with van der Waals surface area (Å²) in [6.45, 7) is 0. The highest BCUT2D eigenvalue weighted by molar-refractivity contribution is 5.62. The average Bonchev–Trinajstić information content (AvgIpc) is 2.85. The Morgan fingerprint density at radius 1 is 1.35 bits per heavy atom. The lowest BCUT2D eigenvalue weighted by Gasteiger charge is -2.28. The van der Waals surface area contributed by atoms with E-state index in [1.54, 1.807) is 6.33 Å². The Balaban J connectivity index is 1.76. The van der Waals surface area contributed by atoms with Crippen molar-refractivity contribution in [1.29, 1.82) is 0 Å². The molecule has 0 bridgehead atoms. The first kappa shape index (κ1) is 13.1. The van der Waals surface area contributed by atoms with E-state index in [0.717, 1.165) is 29.9 Å². The van der Waals surface area contributed by atoms with E-state index < -0.39 is 0 Å². The Labute approximate surface area is 119 Å². The Hall–Kier alpha value is -1.88. The van der Waals surface area contributed by atoms with Gasteiger partial charge >= 0.3 is 0 Å². The van der Waals surface area contributed by atoms with Crippen LogP contribution in [0.25, 0.3) is 11.4 Å². The van der Waals surface area contributed by atoms with E-state index in [1.807, 2.05) is 11.6 Å². The zero-order valence-corrected chi connectivity index (χ0v) is 11.8. The van der Waals surface area contributed by atoms with Gasteiger partial charge in [-0.15, -0.1) is 10.2 Å². The SMILES string of the molecule is Cn1cnnc1-c1cccc(NC2CCCC(N)C2)c1. The van der Waals surface area contributed by atoms with Crippen molar-refractivity contribution < 1.29 is 0 Å². The minimum Gasteiger partial charge on any atom is -0.382 e. The number of hydrogen-bond donors (Lipinski definition) is 2. The molecule has 20 heavy (non-hydrogen) atoms. The lowest BCUT2D eigenvalue weighted by Crippen LogP contribution is -2.34. The molecule has 3 N–H and O–H groups in total. The van der Waals surface area contributed by atoms with Crippen LogP contribution in [0.15, 0.2) is 30.6 Å². The minimum atomic E-state index is 0.336. The zero-order chi connectivity index (χ0) is 13.9. The molecule has 1 heterocycles. The number of nitrogens with zero attached hydrogens (tertiary/aromatic N) is 3. The first-order valence-corrected chi connectivity index (χ1v) is 7.19. The maximum absolute atomic E-state index is 6.04. The van der Waals surface area contributed by atoms with Crippen molar-refractivity contribution in [1.82, 2.24) is 14.8 Å². The van der Waals surface area contributed by atoms with Gasteiger partial charge in [-0.3, -0.25) is 0 Å². The molecule has 1 aromatic carbocycles. The van der Waals surface area contributed by atoms with Crippen LogP contribution in [-0.2, 0) is 7.05 Å². The number of aryl methyl sites for hydroxylation is 1. The van der Waals surface area contributed by atoms with Gasteiger partial charge in [0.2, 0.25) is 0 Å². The van der Waals surface area contributed by atoms with Crippen molar-refractivity contribution in [3.63, 3.8) is 0 Å². The number of nitrogens with one attached hydrogen (secondary N) is 1. The normalized spacial score (nSPS) is 22.7. The highest BCUT2D eigenvalue weighted by Gasteiger charge is 2.19. The van der Waals surface area contributed by atoms with Gasteiger partial charge in [0.05, 0.1) is 0 Å². The first-order chi connectivity index (χ1) is 9.72. The number of aromatic nitrogens is 3. The summed E-state index contributed by atoms with van der Waals surface area (Å²) in [4.78, 5) is 0. The molecular weight excluding hydrogens is 250 g/mol. The number of rotatable bonds is 3. The summed E-state index contributed by atoms with van der Waals surface area (Å²) in [5.41, 5.74) is 8.25. The number of anilines is 1. The van der Waals surface area contributed by atoms with Gasteiger partial charge in [-0.05, 0) is 37.8 Å². The summed E-state index contributed by atoms with van der Waals surface area (Å²) in [5.74, 6) is 0.883. The number of hydrogen-bond acceptors (Lipinski definition) is 4. The van der Waals surface area contributed by atoms with Crippen LogP contribution >= 0.6 is 0 Å². The molecule has 106 valence electrons. The fourth-order valence-electron chi connectivity index (χ4n) is 2.89. The molecule has 2 aromatic rings. The van der Waals surface area contributed by atoms with Crippen LogP contribution in [0.5, 0.6) is 0 Å². The van der Waals surface area contributed by atoms with Crippen molar-refractivity contribution in [2.45, 2.75) is 37.8 Å². The van der Waals surface area contributed by atoms with Crippen LogP contribution in [0.4, 0.5) is 5.69 Å². The predicted octanol–water partition coefficient (Wildman–Crippen LogP) is 2.16. The van der Waals surface area contributed by atoms with Crippen LogP contribution < -0.4 is 11.1 Å². The Bertz CT molecular complexity index is 577. The van der Waals surface area contributed by atoms with E-state index in [9.17, 15) is 0 Å². The largest absolute Gasteiger partial charge is 0.382 e. The molecule has 1 aromatic heterocycles. The van der Waals surface area contributed by atoms with Gasteiger partial charge in [-0.25, -0.2) is 0 Å². The number of nitrogens with two attached hydrogens (primary N) is 1. The number of benzene rings is 1. The quantitative estimate of drug-likeness (QED) is 0.897. The van der Waals surface area contributed by atoms with Crippen LogP contribution in [-0.4, -0.2) is 26.8 Å². The van der Waals surface area contributed by atoms with Crippen LogP contribution in [0.2, 0.25) is 0 Å². The van der Waals surface area contributed by atoms with Crippen molar-refractivity contribution in [2.75, 3.05) is 5.32 Å². The molecule has 0 saturated heterocycles. The van der Waals surface area contributed by atoms with Crippen LogP contribution in [0.1, 0.15) is 25.7 Å². The molecule has 5 heteroatoms. The van der Waals surface area contributed by atoms with Crippen LogP contribution in [0, 0.1) is 0 Å². The van der Waals surface area contributed by atoms with Crippen molar-refractivity contribution in [3.05, 3.63) is 30.6 Å². The van der Waals surface area contributed by atoms with Gasteiger partial charge in [0, 0.05) is 30.4 Å². The summed E-state index contributed by atoms with van der Waals surface area (Å²) in [7, 11) is 1.95. The van der Waals surface area contributed by atoms with Crippen molar-refractivity contribution in [3.8, 4) is 11.4 Å². The fourth-order valence-corrected chi connectivity index (χ4v) is 2.89. The molecule has 0 spiro atoms. The van der Waals surface area contributed by atoms with E-state index in [1.165, 1.54) is 12.8 Å². The van der Waals surface area contributed by atoms with Gasteiger partial charge in [-0.1, -0.05) is 12.1 Å². The predicted molar refractivity (Wildman–Crippen MR) is 80.3 cm³/mol. The second-order valence-corrected chi connectivity index (χ2v) is 5.61. The molecule has 1 aliphatic carbocycles. The molecule has 0 radical (unpaired) electrons. The van der Waals surface area contributed by atoms with E-state index in [-0.39, 0.29) is 0 Å². The summed E-state index contributed by atoms with van der Waals surface area (Å²) in [5, 5.41) is 11.7. The third-order valence-corrected chi connectivity index (χ3v) is 3.92. The Morgan fingerprint density at radius 3 is 3.00 bits per heavy atom. The Kier molecular flexibility index (Phi) is 3.69. The van der Waals surface area contributed by atoms with E-state index >= 15 is 0 Å². The van der Waals surface area contributed by atoms with Crippen molar-refractivity contribution in [2.24, 2.45) is 12.8 Å². The molecule has 0 aliphatic heterocycles. The van der Waals surface area contributed by atoms with E-state index in [0.29, 0.717) is 12.1 Å². The Morgan fingerprint density at radius 2 is 2.25 bits per heavy atom. The van der Waals surface area contributed by atoms with Gasteiger partial charge in [0.15, 0.2) is 5.82 Å². The molecule has 2 atom stereocenters. The smallest absolute Gasteiger partial charge is 0.163 e. The monoisotopic (exact) mass is 271 g/mol. The summed E-state index contributed by atoms with van der Waals surface area (Å²) < 4.78 is 1.93. The molecule has 2 unspecified atom stereocenters. The van der Waals surface area contributed by atoms with E-state index in [4.69, 9.17) is 5.73 Å². The third kappa shape index (κ3) is 2.82. The fraction of sp³-hybridized carbons (Fsp3) is 0.467. The average molecular weight is 271 g/mol. The van der Waals surface area contributed by atoms with Gasteiger partial charge in [-0.2, -0.15) is 0 Å². The standard InChI is InChI=1S/C15H21N5/c1-20-10-17-19-15(20)11-4-2-6-13(8-11)18-14-7-3-5-12(16)9-14/h2,4,6,8,10,12,14,18H,3,5,7,9,16H2,1H3. The molecule has 1 aliphatic rings. The molecule has 1 fully saturated rings.